The summed E-state index contributed by atoms with van der Waals surface area (Å²) >= 11 is 6.35. The van der Waals surface area contributed by atoms with Crippen LogP contribution in [0, 0.1) is 5.82 Å². The van der Waals surface area contributed by atoms with E-state index in [4.69, 9.17) is 11.6 Å². The van der Waals surface area contributed by atoms with Gasteiger partial charge in [-0.25, -0.2) is 4.39 Å². The lowest BCUT2D eigenvalue weighted by Gasteiger charge is -2.16. The van der Waals surface area contributed by atoms with Gasteiger partial charge in [0.1, 0.15) is 5.82 Å². The predicted octanol–water partition coefficient (Wildman–Crippen LogP) is 3.43. The Morgan fingerprint density at radius 1 is 1.12 bits per heavy atom. The molecule has 3 N–H and O–H groups in total. The van der Waals surface area contributed by atoms with Crippen molar-refractivity contribution in [3.05, 3.63) is 63.9 Å². The van der Waals surface area contributed by atoms with E-state index in [1.807, 2.05) is 6.07 Å². The molecule has 3 rings (SSSR count). The van der Waals surface area contributed by atoms with Gasteiger partial charge < -0.3 is 16.0 Å². The number of carbonyl (C=O) groups is 1. The van der Waals surface area contributed by atoms with Gasteiger partial charge in [-0.2, -0.15) is 0 Å². The summed E-state index contributed by atoms with van der Waals surface area (Å²) < 4.78 is 13.6. The Bertz CT molecular complexity index is 770. The number of amides is 1. The van der Waals surface area contributed by atoms with E-state index in [-0.39, 0.29) is 18.0 Å². The average Bonchev–Trinajstić information content (AvgIpc) is 2.86. The molecule has 0 saturated carbocycles. The molecule has 0 atom stereocenters. The van der Waals surface area contributed by atoms with Gasteiger partial charge in [-0.05, 0) is 55.3 Å². The van der Waals surface area contributed by atoms with Crippen LogP contribution in [0.3, 0.4) is 0 Å². The van der Waals surface area contributed by atoms with Crippen molar-refractivity contribution in [1.29, 1.82) is 0 Å². The smallest absolute Gasteiger partial charge is 0.254 e. The molecule has 0 aromatic heterocycles. The second-order valence-corrected chi connectivity index (χ2v) is 6.38. The quantitative estimate of drug-likeness (QED) is 0.677. The van der Waals surface area contributed by atoms with E-state index in [0.29, 0.717) is 18.1 Å². The molecular formula is C19H22Cl2FN3O. The summed E-state index contributed by atoms with van der Waals surface area (Å²) in [4.78, 5) is 12.0. The number of carbonyl (C=O) groups excluding carboxylic acids is 1. The molecule has 0 bridgehead atoms. The summed E-state index contributed by atoms with van der Waals surface area (Å²) in [6, 6.07) is 9.94. The zero-order valence-electron chi connectivity index (χ0n) is 14.3. The molecule has 4 nitrogen and oxygen atoms in total. The summed E-state index contributed by atoms with van der Waals surface area (Å²) in [6.45, 7) is 2.79. The van der Waals surface area contributed by atoms with E-state index in [1.165, 1.54) is 23.3 Å². The first kappa shape index (κ1) is 20.5. The minimum atomic E-state index is -0.517. The van der Waals surface area contributed by atoms with Crippen LogP contribution in [0.25, 0.3) is 0 Å². The zero-order valence-corrected chi connectivity index (χ0v) is 15.9. The number of rotatable bonds is 5. The van der Waals surface area contributed by atoms with Crippen molar-refractivity contribution < 1.29 is 9.18 Å². The number of halogens is 3. The van der Waals surface area contributed by atoms with Crippen LogP contribution in [0.5, 0.6) is 0 Å². The molecule has 140 valence electrons. The Morgan fingerprint density at radius 2 is 1.88 bits per heavy atom. The molecule has 7 heteroatoms. The Kier molecular flexibility index (Phi) is 7.69. The van der Waals surface area contributed by atoms with Gasteiger partial charge in [0, 0.05) is 13.1 Å². The third-order valence-electron chi connectivity index (χ3n) is 4.31. The van der Waals surface area contributed by atoms with Crippen molar-refractivity contribution >= 4 is 35.6 Å². The Balaban J connectivity index is 0.00000243. The first-order valence-electron chi connectivity index (χ1n) is 8.44. The minimum Gasteiger partial charge on any atom is -0.382 e. The van der Waals surface area contributed by atoms with E-state index in [2.05, 4.69) is 22.0 Å². The van der Waals surface area contributed by atoms with Gasteiger partial charge in [-0.1, -0.05) is 29.8 Å². The van der Waals surface area contributed by atoms with E-state index >= 15 is 0 Å². The maximum Gasteiger partial charge on any atom is 0.254 e. The molecule has 2 aromatic rings. The molecule has 0 aliphatic carbocycles. The van der Waals surface area contributed by atoms with Crippen molar-refractivity contribution in [3.63, 3.8) is 0 Å². The molecule has 26 heavy (non-hydrogen) atoms. The Hall–Kier alpha value is -1.82. The highest BCUT2D eigenvalue weighted by atomic mass is 35.5. The third kappa shape index (κ3) is 4.87. The monoisotopic (exact) mass is 397 g/mol. The summed E-state index contributed by atoms with van der Waals surface area (Å²) in [5.74, 6) is -0.932. The molecule has 2 aromatic carbocycles. The van der Waals surface area contributed by atoms with Gasteiger partial charge in [0.05, 0.1) is 16.3 Å². The summed E-state index contributed by atoms with van der Waals surface area (Å²) in [6.07, 6.45) is 1.89. The van der Waals surface area contributed by atoms with Crippen LogP contribution < -0.4 is 16.0 Å². The highest BCUT2D eigenvalue weighted by Crippen LogP contribution is 2.30. The van der Waals surface area contributed by atoms with Crippen molar-refractivity contribution in [2.75, 3.05) is 31.5 Å². The van der Waals surface area contributed by atoms with Gasteiger partial charge in [-0.3, -0.25) is 4.79 Å². The normalized spacial score (nSPS) is 13.2. The van der Waals surface area contributed by atoms with Crippen molar-refractivity contribution in [2.45, 2.75) is 12.8 Å². The second-order valence-electron chi connectivity index (χ2n) is 5.97. The van der Waals surface area contributed by atoms with E-state index in [9.17, 15) is 9.18 Å². The lowest BCUT2D eigenvalue weighted by molar-refractivity contribution is 0.0951. The average molecular weight is 398 g/mol. The van der Waals surface area contributed by atoms with Gasteiger partial charge in [0.15, 0.2) is 0 Å². The van der Waals surface area contributed by atoms with Gasteiger partial charge in [-0.15, -0.1) is 12.4 Å². The minimum absolute atomic E-state index is 0. The van der Waals surface area contributed by atoms with Crippen molar-refractivity contribution in [3.8, 4) is 0 Å². The van der Waals surface area contributed by atoms with Crippen LogP contribution in [0.2, 0.25) is 5.02 Å². The van der Waals surface area contributed by atoms with Crippen LogP contribution in [0.1, 0.15) is 21.5 Å². The Morgan fingerprint density at radius 3 is 2.69 bits per heavy atom. The van der Waals surface area contributed by atoms with Crippen LogP contribution in [-0.2, 0) is 12.8 Å². The van der Waals surface area contributed by atoms with E-state index < -0.39 is 11.7 Å². The van der Waals surface area contributed by atoms with Crippen molar-refractivity contribution in [1.82, 2.24) is 10.6 Å². The number of anilines is 1. The molecule has 1 amide bonds. The molecule has 0 unspecified atom stereocenters. The number of nitrogens with one attached hydrogen (secondary N) is 3. The molecule has 0 saturated heterocycles. The van der Waals surface area contributed by atoms with Gasteiger partial charge in [0.2, 0.25) is 0 Å². The topological polar surface area (TPSA) is 53.2 Å². The molecule has 1 aliphatic rings. The molecule has 1 aliphatic heterocycles. The fraction of sp³-hybridized carbons (Fsp3) is 0.316. The second kappa shape index (κ2) is 9.76. The summed E-state index contributed by atoms with van der Waals surface area (Å²) in [5.41, 5.74) is 3.52. The lowest BCUT2D eigenvalue weighted by atomic mass is 10.0. The van der Waals surface area contributed by atoms with Crippen LogP contribution in [-0.4, -0.2) is 32.1 Å². The molecule has 0 spiro atoms. The van der Waals surface area contributed by atoms with Crippen LogP contribution in [0.4, 0.5) is 10.1 Å². The fourth-order valence-electron chi connectivity index (χ4n) is 3.04. The van der Waals surface area contributed by atoms with Crippen LogP contribution >= 0.6 is 24.0 Å². The van der Waals surface area contributed by atoms with Gasteiger partial charge in [0.25, 0.3) is 5.91 Å². The summed E-state index contributed by atoms with van der Waals surface area (Å²) in [7, 11) is 0. The maximum absolute atomic E-state index is 13.6. The fourth-order valence-corrected chi connectivity index (χ4v) is 3.28. The molecule has 1 heterocycles. The SMILES string of the molecule is Cl.O=C(NCCNc1c(Cl)ccc2c1CCNCC2)c1ccccc1F. The number of fused-ring (bicyclic) bond motifs is 1. The van der Waals surface area contributed by atoms with Crippen molar-refractivity contribution in [2.24, 2.45) is 0 Å². The van der Waals surface area contributed by atoms with E-state index in [0.717, 1.165) is 31.6 Å². The van der Waals surface area contributed by atoms with Crippen LogP contribution in [0.15, 0.2) is 36.4 Å². The highest BCUT2D eigenvalue weighted by molar-refractivity contribution is 6.33. The molecular weight excluding hydrogens is 376 g/mol. The first-order valence-corrected chi connectivity index (χ1v) is 8.82. The van der Waals surface area contributed by atoms with E-state index in [1.54, 1.807) is 12.1 Å². The third-order valence-corrected chi connectivity index (χ3v) is 4.63. The first-order chi connectivity index (χ1) is 12.2. The standard InChI is InChI=1S/C19H21ClFN3O.ClH/c20-16-6-5-13-7-9-22-10-8-14(13)18(16)23-11-12-24-19(25)15-3-1-2-4-17(15)21;/h1-6,22-23H,7-12H2,(H,24,25);1H. The largest absolute Gasteiger partial charge is 0.382 e. The maximum atomic E-state index is 13.6. The number of benzene rings is 2. The summed E-state index contributed by atoms with van der Waals surface area (Å²) in [5, 5.41) is 10.1. The van der Waals surface area contributed by atoms with Gasteiger partial charge >= 0.3 is 0 Å². The Labute approximate surface area is 163 Å². The highest BCUT2D eigenvalue weighted by Gasteiger charge is 2.15. The lowest BCUT2D eigenvalue weighted by Crippen LogP contribution is -2.29. The molecule has 0 radical (unpaired) electrons. The number of hydrogen-bond acceptors (Lipinski definition) is 3. The number of hydrogen-bond donors (Lipinski definition) is 3. The molecule has 0 fully saturated rings. The predicted molar refractivity (Wildman–Crippen MR) is 106 cm³/mol. The zero-order chi connectivity index (χ0) is 17.6.